The van der Waals surface area contributed by atoms with E-state index >= 15 is 0 Å². The number of amides is 1. The molecular weight excluding hydrogens is 436 g/mol. The quantitative estimate of drug-likeness (QED) is 0.527. The zero-order valence-electron chi connectivity index (χ0n) is 17.6. The largest absolute Gasteiger partial charge is 0.484 e. The lowest BCUT2D eigenvalue weighted by atomic mass is 10.1. The fourth-order valence-corrected chi connectivity index (χ4v) is 4.53. The second-order valence-electron chi connectivity index (χ2n) is 7.22. The number of ether oxygens (including phenoxy) is 3. The number of primary amides is 1. The number of benzene rings is 2. The summed E-state index contributed by atoms with van der Waals surface area (Å²) in [6.07, 6.45) is 0.589. The fourth-order valence-electron chi connectivity index (χ4n) is 3.13. The molecule has 0 atom stereocenters. The third-order valence-electron chi connectivity index (χ3n) is 4.83. The molecule has 0 aliphatic carbocycles. The molecule has 0 bridgehead atoms. The Hall–Kier alpha value is -2.95. The summed E-state index contributed by atoms with van der Waals surface area (Å²) in [5.74, 6) is -0.489. The highest BCUT2D eigenvalue weighted by Crippen LogP contribution is 2.19. The molecule has 10 heteroatoms. The molecule has 0 aromatic heterocycles. The van der Waals surface area contributed by atoms with E-state index in [-0.39, 0.29) is 30.5 Å². The maximum Gasteiger partial charge on any atom is 0.306 e. The van der Waals surface area contributed by atoms with Crippen molar-refractivity contribution in [1.29, 1.82) is 0 Å². The SMILES string of the molecule is NC(=O)COc1cccc(COC(=O)CCc2ccc(S(=O)(=O)N3CCOCC3)cc2)c1. The minimum absolute atomic E-state index is 0.0728. The van der Waals surface area contributed by atoms with Crippen molar-refractivity contribution >= 4 is 21.9 Å². The van der Waals surface area contributed by atoms with Crippen molar-refractivity contribution in [1.82, 2.24) is 4.31 Å². The molecule has 1 fully saturated rings. The van der Waals surface area contributed by atoms with Crippen LogP contribution in [0.3, 0.4) is 0 Å². The number of carbonyl (C=O) groups is 2. The third kappa shape index (κ3) is 6.78. The molecule has 172 valence electrons. The molecule has 2 aromatic carbocycles. The number of morpholine rings is 1. The zero-order chi connectivity index (χ0) is 23.0. The molecule has 0 saturated carbocycles. The maximum absolute atomic E-state index is 12.6. The molecule has 3 rings (SSSR count). The van der Waals surface area contributed by atoms with Gasteiger partial charge in [-0.15, -0.1) is 0 Å². The van der Waals surface area contributed by atoms with Crippen LogP contribution in [-0.4, -0.2) is 57.5 Å². The fraction of sp³-hybridized carbons (Fsp3) is 0.364. The minimum Gasteiger partial charge on any atom is -0.484 e. The van der Waals surface area contributed by atoms with Crippen LogP contribution in [0.15, 0.2) is 53.4 Å². The predicted molar refractivity (Wildman–Crippen MR) is 115 cm³/mol. The van der Waals surface area contributed by atoms with Gasteiger partial charge in [-0.05, 0) is 41.8 Å². The van der Waals surface area contributed by atoms with Crippen molar-refractivity contribution in [2.45, 2.75) is 24.3 Å². The van der Waals surface area contributed by atoms with Crippen LogP contribution < -0.4 is 10.5 Å². The van der Waals surface area contributed by atoms with Gasteiger partial charge in [-0.1, -0.05) is 24.3 Å². The number of nitrogens with two attached hydrogens (primary N) is 1. The number of rotatable bonds is 10. The summed E-state index contributed by atoms with van der Waals surface area (Å²) in [6, 6.07) is 13.4. The Morgan fingerprint density at radius 1 is 1.03 bits per heavy atom. The van der Waals surface area contributed by atoms with Crippen LogP contribution in [0.2, 0.25) is 0 Å². The predicted octanol–water partition coefficient (Wildman–Crippen LogP) is 1.25. The molecule has 1 heterocycles. The van der Waals surface area contributed by atoms with Crippen LogP contribution in [0, 0.1) is 0 Å². The molecule has 32 heavy (non-hydrogen) atoms. The number of carbonyl (C=O) groups excluding carboxylic acids is 2. The lowest BCUT2D eigenvalue weighted by molar-refractivity contribution is -0.144. The lowest BCUT2D eigenvalue weighted by Gasteiger charge is -2.26. The van der Waals surface area contributed by atoms with E-state index in [0.29, 0.717) is 38.5 Å². The Labute approximate surface area is 187 Å². The van der Waals surface area contributed by atoms with Gasteiger partial charge in [0.1, 0.15) is 12.4 Å². The molecular formula is C22H26N2O7S. The van der Waals surface area contributed by atoms with Gasteiger partial charge in [-0.2, -0.15) is 4.31 Å². The molecule has 0 unspecified atom stereocenters. The van der Waals surface area contributed by atoms with Gasteiger partial charge in [0.05, 0.1) is 18.1 Å². The number of nitrogens with zero attached hydrogens (tertiary/aromatic N) is 1. The standard InChI is InChI=1S/C22H26N2O7S/c23-21(25)16-30-19-3-1-2-18(14-19)15-31-22(26)9-6-17-4-7-20(8-5-17)32(27,28)24-10-12-29-13-11-24/h1-5,7-8,14H,6,9-13,15-16H2,(H2,23,25). The van der Waals surface area contributed by atoms with Gasteiger partial charge in [0, 0.05) is 19.5 Å². The first-order valence-corrected chi connectivity index (χ1v) is 11.6. The van der Waals surface area contributed by atoms with Crippen LogP contribution in [0.25, 0.3) is 0 Å². The molecule has 1 amide bonds. The van der Waals surface area contributed by atoms with Crippen LogP contribution in [0.1, 0.15) is 17.5 Å². The van der Waals surface area contributed by atoms with E-state index in [2.05, 4.69) is 0 Å². The van der Waals surface area contributed by atoms with Crippen LogP contribution in [-0.2, 0) is 42.1 Å². The van der Waals surface area contributed by atoms with Crippen LogP contribution in [0.5, 0.6) is 5.75 Å². The van der Waals surface area contributed by atoms with E-state index in [4.69, 9.17) is 19.9 Å². The summed E-state index contributed by atoms with van der Waals surface area (Å²) < 4.78 is 42.4. The van der Waals surface area contributed by atoms with Gasteiger partial charge >= 0.3 is 5.97 Å². The van der Waals surface area contributed by atoms with Crippen molar-refractivity contribution in [2.24, 2.45) is 5.73 Å². The number of sulfonamides is 1. The third-order valence-corrected chi connectivity index (χ3v) is 6.74. The Balaban J connectivity index is 1.47. The molecule has 1 aliphatic rings. The maximum atomic E-state index is 12.6. The first kappa shape index (κ1) is 23.7. The second-order valence-corrected chi connectivity index (χ2v) is 9.16. The number of aryl methyl sites for hydroxylation is 1. The molecule has 9 nitrogen and oxygen atoms in total. The van der Waals surface area contributed by atoms with Crippen LogP contribution >= 0.6 is 0 Å². The first-order chi connectivity index (χ1) is 15.3. The van der Waals surface area contributed by atoms with E-state index in [1.54, 1.807) is 48.5 Å². The van der Waals surface area contributed by atoms with Gasteiger partial charge in [0.2, 0.25) is 10.0 Å². The molecule has 2 aromatic rings. The van der Waals surface area contributed by atoms with Crippen molar-refractivity contribution in [3.8, 4) is 5.75 Å². The van der Waals surface area contributed by atoms with E-state index in [1.165, 1.54) is 4.31 Å². The molecule has 1 aliphatic heterocycles. The summed E-state index contributed by atoms with van der Waals surface area (Å²) >= 11 is 0. The number of hydrogen-bond donors (Lipinski definition) is 1. The second kappa shape index (κ2) is 11.1. The Kier molecular flexibility index (Phi) is 8.20. The van der Waals surface area contributed by atoms with E-state index < -0.39 is 15.9 Å². The smallest absolute Gasteiger partial charge is 0.306 e. The molecule has 0 spiro atoms. The highest BCUT2D eigenvalue weighted by molar-refractivity contribution is 7.89. The van der Waals surface area contributed by atoms with Gasteiger partial charge in [0.25, 0.3) is 5.91 Å². The van der Waals surface area contributed by atoms with Gasteiger partial charge < -0.3 is 19.9 Å². The summed E-state index contributed by atoms with van der Waals surface area (Å²) in [6.45, 7) is 1.32. The topological polar surface area (TPSA) is 125 Å². The molecule has 0 radical (unpaired) electrons. The minimum atomic E-state index is -3.54. The van der Waals surface area contributed by atoms with E-state index in [0.717, 1.165) is 11.1 Å². The monoisotopic (exact) mass is 462 g/mol. The Morgan fingerprint density at radius 3 is 2.44 bits per heavy atom. The molecule has 1 saturated heterocycles. The van der Waals surface area contributed by atoms with E-state index in [1.807, 2.05) is 0 Å². The normalized spacial score (nSPS) is 14.6. The van der Waals surface area contributed by atoms with Crippen molar-refractivity contribution in [3.63, 3.8) is 0 Å². The van der Waals surface area contributed by atoms with Gasteiger partial charge in [0.15, 0.2) is 6.61 Å². The summed E-state index contributed by atoms with van der Waals surface area (Å²) in [7, 11) is -3.54. The summed E-state index contributed by atoms with van der Waals surface area (Å²) in [5, 5.41) is 0. The summed E-state index contributed by atoms with van der Waals surface area (Å²) in [5.41, 5.74) is 6.61. The van der Waals surface area contributed by atoms with E-state index in [9.17, 15) is 18.0 Å². The lowest BCUT2D eigenvalue weighted by Crippen LogP contribution is -2.40. The average Bonchev–Trinajstić information content (AvgIpc) is 2.81. The van der Waals surface area contributed by atoms with Crippen molar-refractivity contribution in [3.05, 3.63) is 59.7 Å². The van der Waals surface area contributed by atoms with Crippen LogP contribution in [0.4, 0.5) is 0 Å². The average molecular weight is 463 g/mol. The van der Waals surface area contributed by atoms with Crippen molar-refractivity contribution < 1.29 is 32.2 Å². The first-order valence-electron chi connectivity index (χ1n) is 10.2. The highest BCUT2D eigenvalue weighted by Gasteiger charge is 2.26. The van der Waals surface area contributed by atoms with Gasteiger partial charge in [-0.3, -0.25) is 9.59 Å². The van der Waals surface area contributed by atoms with Crippen molar-refractivity contribution in [2.75, 3.05) is 32.9 Å². The Bertz CT molecular complexity index is 1030. The number of hydrogen-bond acceptors (Lipinski definition) is 7. The highest BCUT2D eigenvalue weighted by atomic mass is 32.2. The zero-order valence-corrected chi connectivity index (χ0v) is 18.4. The number of esters is 1. The Morgan fingerprint density at radius 2 is 1.75 bits per heavy atom. The summed E-state index contributed by atoms with van der Waals surface area (Å²) in [4.78, 5) is 23.1. The van der Waals surface area contributed by atoms with Gasteiger partial charge in [-0.25, -0.2) is 8.42 Å². The molecule has 2 N–H and O–H groups in total.